The van der Waals surface area contributed by atoms with Gasteiger partial charge in [0.15, 0.2) is 0 Å². The van der Waals surface area contributed by atoms with Crippen LogP contribution in [0.15, 0.2) is 18.3 Å². The molecule has 1 heterocycles. The largest absolute Gasteiger partial charge is 0.396 e. The van der Waals surface area contributed by atoms with Crippen LogP contribution in [-0.2, 0) is 0 Å². The van der Waals surface area contributed by atoms with Gasteiger partial charge < -0.3 is 10.4 Å². The van der Waals surface area contributed by atoms with E-state index in [0.717, 1.165) is 30.2 Å². The second kappa shape index (κ2) is 7.97. The van der Waals surface area contributed by atoms with Crippen molar-refractivity contribution in [3.05, 3.63) is 24.0 Å². The van der Waals surface area contributed by atoms with Crippen molar-refractivity contribution in [1.82, 2.24) is 4.98 Å². The zero-order valence-corrected chi connectivity index (χ0v) is 9.83. The van der Waals surface area contributed by atoms with Crippen molar-refractivity contribution >= 4 is 17.4 Å². The lowest BCUT2D eigenvalue weighted by Crippen LogP contribution is -2.05. The zero-order chi connectivity index (χ0) is 11.6. The van der Waals surface area contributed by atoms with E-state index < -0.39 is 0 Å². The molecule has 0 spiro atoms. The Labute approximate surface area is 99.7 Å². The van der Waals surface area contributed by atoms with Crippen molar-refractivity contribution in [1.29, 1.82) is 5.26 Å². The van der Waals surface area contributed by atoms with Crippen molar-refractivity contribution in [3.8, 4) is 6.07 Å². The maximum atomic E-state index is 8.66. The van der Waals surface area contributed by atoms with Gasteiger partial charge in [-0.1, -0.05) is 0 Å². The molecule has 0 aliphatic carbocycles. The van der Waals surface area contributed by atoms with Crippen LogP contribution in [0.1, 0.15) is 12.1 Å². The number of hydrogen-bond donors (Lipinski definition) is 2. The molecular weight excluding hydrogens is 222 g/mol. The Morgan fingerprint density at radius 2 is 2.38 bits per heavy atom. The summed E-state index contributed by atoms with van der Waals surface area (Å²) in [4.78, 5) is 3.89. The molecule has 4 nitrogen and oxygen atoms in total. The molecule has 0 aliphatic rings. The molecule has 1 rings (SSSR count). The molecule has 0 aliphatic heterocycles. The van der Waals surface area contributed by atoms with Gasteiger partial charge in [0.1, 0.15) is 11.8 Å². The molecule has 0 unspecified atom stereocenters. The SMILES string of the molecule is N#Cc1cc(NCCSCCCO)ccn1. The number of hydrogen-bond acceptors (Lipinski definition) is 5. The number of aliphatic hydroxyl groups is 1. The van der Waals surface area contributed by atoms with Gasteiger partial charge in [0.2, 0.25) is 0 Å². The van der Waals surface area contributed by atoms with Crippen LogP contribution in [0.4, 0.5) is 5.69 Å². The van der Waals surface area contributed by atoms with Crippen molar-refractivity contribution in [3.63, 3.8) is 0 Å². The summed E-state index contributed by atoms with van der Waals surface area (Å²) in [6, 6.07) is 5.58. The lowest BCUT2D eigenvalue weighted by atomic mass is 10.3. The van der Waals surface area contributed by atoms with Crippen LogP contribution in [0.5, 0.6) is 0 Å². The predicted octanol–water partition coefficient (Wildman–Crippen LogP) is 1.48. The van der Waals surface area contributed by atoms with Crippen LogP contribution in [0, 0.1) is 11.3 Å². The highest BCUT2D eigenvalue weighted by Gasteiger charge is 1.95. The van der Waals surface area contributed by atoms with Crippen LogP contribution in [0.3, 0.4) is 0 Å². The summed E-state index contributed by atoms with van der Waals surface area (Å²) in [7, 11) is 0. The molecule has 0 saturated carbocycles. The van der Waals surface area contributed by atoms with Gasteiger partial charge in [-0.3, -0.25) is 0 Å². The molecule has 0 atom stereocenters. The van der Waals surface area contributed by atoms with E-state index in [1.807, 2.05) is 12.1 Å². The molecule has 0 fully saturated rings. The van der Waals surface area contributed by atoms with Gasteiger partial charge in [0.25, 0.3) is 0 Å². The third-order valence-electron chi connectivity index (χ3n) is 1.90. The van der Waals surface area contributed by atoms with Gasteiger partial charge in [-0.05, 0) is 24.3 Å². The average Bonchev–Trinajstić information content (AvgIpc) is 2.34. The number of thioether (sulfide) groups is 1. The number of rotatable bonds is 7. The summed E-state index contributed by atoms with van der Waals surface area (Å²) < 4.78 is 0. The second-order valence-corrected chi connectivity index (χ2v) is 4.38. The van der Waals surface area contributed by atoms with Gasteiger partial charge >= 0.3 is 0 Å². The van der Waals surface area contributed by atoms with Gasteiger partial charge in [-0.2, -0.15) is 17.0 Å². The lowest BCUT2D eigenvalue weighted by Gasteiger charge is -2.05. The molecule has 0 bridgehead atoms. The summed E-state index contributed by atoms with van der Waals surface area (Å²) in [5.41, 5.74) is 1.35. The number of nitrogens with zero attached hydrogens (tertiary/aromatic N) is 2. The van der Waals surface area contributed by atoms with Crippen LogP contribution in [0.2, 0.25) is 0 Å². The minimum atomic E-state index is 0.260. The Balaban J connectivity index is 2.19. The number of pyridine rings is 1. The quantitative estimate of drug-likeness (QED) is 0.703. The third-order valence-corrected chi connectivity index (χ3v) is 2.97. The monoisotopic (exact) mass is 237 g/mol. The summed E-state index contributed by atoms with van der Waals surface area (Å²) in [6.45, 7) is 1.11. The highest BCUT2D eigenvalue weighted by Crippen LogP contribution is 2.08. The molecule has 1 aromatic heterocycles. The molecule has 0 aromatic carbocycles. The first-order valence-electron chi connectivity index (χ1n) is 5.15. The molecule has 2 N–H and O–H groups in total. The Morgan fingerprint density at radius 1 is 1.50 bits per heavy atom. The first kappa shape index (κ1) is 12.8. The van der Waals surface area contributed by atoms with E-state index in [4.69, 9.17) is 10.4 Å². The standard InChI is InChI=1S/C11H15N3OS/c12-9-11-8-10(2-3-13-11)14-4-7-16-6-1-5-15/h2-3,8,15H,1,4-7H2,(H,13,14). The topological polar surface area (TPSA) is 68.9 Å². The number of aliphatic hydroxyl groups excluding tert-OH is 1. The fraction of sp³-hybridized carbons (Fsp3) is 0.455. The summed E-state index contributed by atoms with van der Waals surface area (Å²) in [6.07, 6.45) is 2.47. The van der Waals surface area contributed by atoms with Gasteiger partial charge in [-0.15, -0.1) is 0 Å². The number of nitrogens with one attached hydrogen (secondary N) is 1. The second-order valence-electron chi connectivity index (χ2n) is 3.16. The fourth-order valence-electron chi connectivity index (χ4n) is 1.14. The molecular formula is C11H15N3OS. The molecule has 0 radical (unpaired) electrons. The van der Waals surface area contributed by atoms with Crippen molar-refractivity contribution in [2.24, 2.45) is 0 Å². The Bertz CT molecular complexity index is 351. The summed E-state index contributed by atoms with van der Waals surface area (Å²) in [5.74, 6) is 1.97. The summed E-state index contributed by atoms with van der Waals surface area (Å²) in [5, 5.41) is 20.5. The van der Waals surface area contributed by atoms with Crippen LogP contribution in [0.25, 0.3) is 0 Å². The van der Waals surface area contributed by atoms with Crippen molar-refractivity contribution < 1.29 is 5.11 Å². The molecule has 16 heavy (non-hydrogen) atoms. The van der Waals surface area contributed by atoms with E-state index >= 15 is 0 Å². The minimum absolute atomic E-state index is 0.260. The third kappa shape index (κ3) is 5.01. The molecule has 1 aromatic rings. The zero-order valence-electron chi connectivity index (χ0n) is 9.02. The normalized spacial score (nSPS) is 9.75. The van der Waals surface area contributed by atoms with Crippen molar-refractivity contribution in [2.45, 2.75) is 6.42 Å². The highest BCUT2D eigenvalue weighted by molar-refractivity contribution is 7.99. The van der Waals surface area contributed by atoms with E-state index in [0.29, 0.717) is 5.69 Å². The molecule has 86 valence electrons. The maximum Gasteiger partial charge on any atom is 0.142 e. The first-order chi connectivity index (χ1) is 7.86. The smallest absolute Gasteiger partial charge is 0.142 e. The Kier molecular flexibility index (Phi) is 6.38. The number of aromatic nitrogens is 1. The van der Waals surface area contributed by atoms with Gasteiger partial charge in [0, 0.05) is 30.8 Å². The number of anilines is 1. The maximum absolute atomic E-state index is 8.66. The first-order valence-corrected chi connectivity index (χ1v) is 6.31. The van der Waals surface area contributed by atoms with E-state index in [2.05, 4.69) is 10.3 Å². The molecule has 0 amide bonds. The fourth-order valence-corrected chi connectivity index (χ4v) is 1.92. The van der Waals surface area contributed by atoms with Gasteiger partial charge in [-0.25, -0.2) is 4.98 Å². The Morgan fingerprint density at radius 3 is 3.12 bits per heavy atom. The Hall–Kier alpha value is -1.25. The van der Waals surface area contributed by atoms with E-state index in [-0.39, 0.29) is 6.61 Å². The number of nitriles is 1. The van der Waals surface area contributed by atoms with E-state index in [1.54, 1.807) is 24.0 Å². The molecule has 5 heteroatoms. The van der Waals surface area contributed by atoms with Crippen LogP contribution in [-0.4, -0.2) is 34.7 Å². The summed E-state index contributed by atoms with van der Waals surface area (Å²) >= 11 is 1.80. The molecule has 0 saturated heterocycles. The average molecular weight is 237 g/mol. The van der Waals surface area contributed by atoms with E-state index in [1.165, 1.54) is 0 Å². The van der Waals surface area contributed by atoms with Crippen LogP contribution >= 0.6 is 11.8 Å². The van der Waals surface area contributed by atoms with Gasteiger partial charge in [0.05, 0.1) is 0 Å². The van der Waals surface area contributed by atoms with E-state index in [9.17, 15) is 0 Å². The highest BCUT2D eigenvalue weighted by atomic mass is 32.2. The van der Waals surface area contributed by atoms with Crippen LogP contribution < -0.4 is 5.32 Å². The lowest BCUT2D eigenvalue weighted by molar-refractivity contribution is 0.296. The minimum Gasteiger partial charge on any atom is -0.396 e. The predicted molar refractivity (Wildman–Crippen MR) is 66.5 cm³/mol. The van der Waals surface area contributed by atoms with Crippen molar-refractivity contribution in [2.75, 3.05) is 30.0 Å².